The van der Waals surface area contributed by atoms with Crippen molar-refractivity contribution >= 4 is 9.84 Å². The van der Waals surface area contributed by atoms with E-state index >= 15 is 0 Å². The monoisotopic (exact) mass is 356 g/mol. The standard InChI is InChI=1S/C14H20N4O5S/c1-4-5-6-11-15-12(23-16-11)9-24(21,22)8-10-7-13(19)18(3)14(20)17(10)2/h7H,4-6,8-9H2,1-3H3. The van der Waals surface area contributed by atoms with Crippen molar-refractivity contribution in [1.82, 2.24) is 19.3 Å². The van der Waals surface area contributed by atoms with Crippen LogP contribution in [-0.2, 0) is 41.9 Å². The van der Waals surface area contributed by atoms with E-state index in [2.05, 4.69) is 10.1 Å². The molecule has 0 bridgehead atoms. The van der Waals surface area contributed by atoms with E-state index in [9.17, 15) is 18.0 Å². The molecule has 0 N–H and O–H groups in total. The molecule has 0 unspecified atom stereocenters. The number of hydrogen-bond acceptors (Lipinski definition) is 7. The molecule has 24 heavy (non-hydrogen) atoms. The molecule has 0 amide bonds. The molecule has 10 heteroatoms. The molecule has 0 fully saturated rings. The summed E-state index contributed by atoms with van der Waals surface area (Å²) in [7, 11) is -0.916. The molecule has 0 aliphatic carbocycles. The van der Waals surface area contributed by atoms with E-state index in [4.69, 9.17) is 4.52 Å². The molecule has 0 radical (unpaired) electrons. The van der Waals surface area contributed by atoms with Crippen LogP contribution in [0.3, 0.4) is 0 Å². The third kappa shape index (κ3) is 4.19. The van der Waals surface area contributed by atoms with Crippen molar-refractivity contribution in [2.75, 3.05) is 0 Å². The van der Waals surface area contributed by atoms with E-state index in [1.165, 1.54) is 14.1 Å². The van der Waals surface area contributed by atoms with Crippen LogP contribution in [0.25, 0.3) is 0 Å². The maximum atomic E-state index is 12.3. The molecule has 0 aromatic carbocycles. The van der Waals surface area contributed by atoms with Crippen LogP contribution in [0.2, 0.25) is 0 Å². The minimum Gasteiger partial charge on any atom is -0.338 e. The van der Waals surface area contributed by atoms with Crippen LogP contribution in [-0.4, -0.2) is 27.7 Å². The van der Waals surface area contributed by atoms with Gasteiger partial charge in [0.25, 0.3) is 5.56 Å². The highest BCUT2D eigenvalue weighted by Crippen LogP contribution is 2.10. The summed E-state index contributed by atoms with van der Waals surface area (Å²) < 4.78 is 31.6. The molecule has 0 aliphatic rings. The van der Waals surface area contributed by atoms with Crippen LogP contribution in [0.4, 0.5) is 0 Å². The molecule has 2 aromatic rings. The summed E-state index contributed by atoms with van der Waals surface area (Å²) in [6, 6.07) is 1.14. The third-order valence-corrected chi connectivity index (χ3v) is 5.02. The lowest BCUT2D eigenvalue weighted by atomic mass is 10.2. The lowest BCUT2D eigenvalue weighted by molar-refractivity contribution is 0.382. The van der Waals surface area contributed by atoms with Crippen LogP contribution in [0.5, 0.6) is 0 Å². The fourth-order valence-corrected chi connectivity index (χ4v) is 3.49. The van der Waals surface area contributed by atoms with E-state index in [0.717, 1.165) is 28.0 Å². The first kappa shape index (κ1) is 18.1. The van der Waals surface area contributed by atoms with Crippen LogP contribution in [0, 0.1) is 0 Å². The largest absolute Gasteiger partial charge is 0.338 e. The predicted molar refractivity (Wildman–Crippen MR) is 86.2 cm³/mol. The van der Waals surface area contributed by atoms with Gasteiger partial charge in [-0.1, -0.05) is 18.5 Å². The van der Waals surface area contributed by atoms with Crippen LogP contribution >= 0.6 is 0 Å². The van der Waals surface area contributed by atoms with Gasteiger partial charge in [0.1, 0.15) is 5.75 Å². The first-order valence-electron chi connectivity index (χ1n) is 7.51. The molecule has 2 heterocycles. The maximum Gasteiger partial charge on any atom is 0.330 e. The van der Waals surface area contributed by atoms with Crippen molar-refractivity contribution in [3.05, 3.63) is 44.3 Å². The molecular weight excluding hydrogens is 336 g/mol. The Kier molecular flexibility index (Phi) is 5.37. The van der Waals surface area contributed by atoms with Crippen molar-refractivity contribution in [3.8, 4) is 0 Å². The summed E-state index contributed by atoms with van der Waals surface area (Å²) in [5.41, 5.74) is -1.01. The second-order valence-electron chi connectivity index (χ2n) is 5.61. The van der Waals surface area contributed by atoms with E-state index in [1.807, 2.05) is 6.92 Å². The Morgan fingerprint density at radius 1 is 1.17 bits per heavy atom. The molecule has 2 rings (SSSR count). The van der Waals surface area contributed by atoms with Crippen LogP contribution < -0.4 is 11.2 Å². The number of unbranched alkanes of at least 4 members (excludes halogenated alkanes) is 1. The number of sulfone groups is 1. The smallest absolute Gasteiger partial charge is 0.330 e. The van der Waals surface area contributed by atoms with Crippen molar-refractivity contribution < 1.29 is 12.9 Å². The Bertz CT molecular complexity index is 939. The van der Waals surface area contributed by atoms with Gasteiger partial charge in [-0.3, -0.25) is 13.9 Å². The SMILES string of the molecule is CCCCc1noc(CS(=O)(=O)Cc2cc(=O)n(C)c(=O)n2C)n1. The third-order valence-electron chi connectivity index (χ3n) is 3.60. The van der Waals surface area contributed by atoms with Gasteiger partial charge < -0.3 is 4.52 Å². The van der Waals surface area contributed by atoms with Crippen molar-refractivity contribution in [2.45, 2.75) is 37.7 Å². The van der Waals surface area contributed by atoms with Gasteiger partial charge in [-0.15, -0.1) is 0 Å². The predicted octanol–water partition coefficient (Wildman–Crippen LogP) is -0.0754. The zero-order valence-corrected chi connectivity index (χ0v) is 14.7. The highest BCUT2D eigenvalue weighted by Gasteiger charge is 2.20. The minimum absolute atomic E-state index is 0.00920. The molecule has 0 spiro atoms. The molecule has 0 aliphatic heterocycles. The lowest BCUT2D eigenvalue weighted by Gasteiger charge is -2.09. The van der Waals surface area contributed by atoms with Gasteiger partial charge in [0.05, 0.1) is 5.75 Å². The Labute approximate surface area is 138 Å². The zero-order chi connectivity index (χ0) is 17.9. The summed E-state index contributed by atoms with van der Waals surface area (Å²) >= 11 is 0. The van der Waals surface area contributed by atoms with Gasteiger partial charge in [-0.2, -0.15) is 4.98 Å². The summed E-state index contributed by atoms with van der Waals surface area (Å²) in [6.45, 7) is 2.03. The molecular formula is C14H20N4O5S. The topological polar surface area (TPSA) is 117 Å². The summed E-state index contributed by atoms with van der Waals surface area (Å²) in [5.74, 6) is -0.408. The van der Waals surface area contributed by atoms with Crippen molar-refractivity contribution in [3.63, 3.8) is 0 Å². The van der Waals surface area contributed by atoms with E-state index in [1.54, 1.807) is 0 Å². The van der Waals surface area contributed by atoms with Crippen LogP contribution in [0.15, 0.2) is 20.2 Å². The van der Waals surface area contributed by atoms with E-state index in [0.29, 0.717) is 12.2 Å². The average molecular weight is 356 g/mol. The molecule has 0 saturated carbocycles. The Morgan fingerprint density at radius 3 is 2.54 bits per heavy atom. The first-order valence-corrected chi connectivity index (χ1v) is 9.33. The molecule has 132 valence electrons. The van der Waals surface area contributed by atoms with Gasteiger partial charge >= 0.3 is 5.69 Å². The maximum absolute atomic E-state index is 12.3. The fourth-order valence-electron chi connectivity index (χ4n) is 2.17. The van der Waals surface area contributed by atoms with E-state index in [-0.39, 0.29) is 11.6 Å². The van der Waals surface area contributed by atoms with Crippen molar-refractivity contribution in [1.29, 1.82) is 0 Å². The highest BCUT2D eigenvalue weighted by atomic mass is 32.2. The second kappa shape index (κ2) is 7.12. The van der Waals surface area contributed by atoms with Crippen molar-refractivity contribution in [2.24, 2.45) is 14.1 Å². The number of aryl methyl sites for hydroxylation is 1. The van der Waals surface area contributed by atoms with Gasteiger partial charge in [-0.05, 0) is 6.42 Å². The molecule has 0 atom stereocenters. The normalized spacial score (nSPS) is 11.8. The quantitative estimate of drug-likeness (QED) is 0.681. The van der Waals surface area contributed by atoms with Gasteiger partial charge in [-0.25, -0.2) is 13.2 Å². The first-order chi connectivity index (χ1) is 11.2. The minimum atomic E-state index is -3.67. The number of aromatic nitrogens is 4. The fraction of sp³-hybridized carbons (Fsp3) is 0.571. The Hall–Kier alpha value is -2.23. The second-order valence-corrected chi connectivity index (χ2v) is 7.68. The van der Waals surface area contributed by atoms with E-state index < -0.39 is 32.6 Å². The number of rotatable bonds is 7. The van der Waals surface area contributed by atoms with Gasteiger partial charge in [0, 0.05) is 32.3 Å². The summed E-state index contributed by atoms with van der Waals surface area (Å²) in [6.07, 6.45) is 2.49. The average Bonchev–Trinajstić information content (AvgIpc) is 2.94. The number of hydrogen-bond donors (Lipinski definition) is 0. The summed E-state index contributed by atoms with van der Waals surface area (Å²) in [5, 5.41) is 3.74. The molecule has 2 aromatic heterocycles. The Balaban J connectivity index is 2.19. The zero-order valence-electron chi connectivity index (χ0n) is 13.9. The summed E-state index contributed by atoms with van der Waals surface area (Å²) in [4.78, 5) is 27.6. The number of nitrogens with zero attached hydrogens (tertiary/aromatic N) is 4. The van der Waals surface area contributed by atoms with Gasteiger partial charge in [0.15, 0.2) is 15.7 Å². The molecule has 0 saturated heterocycles. The highest BCUT2D eigenvalue weighted by molar-refractivity contribution is 7.89. The van der Waals surface area contributed by atoms with Gasteiger partial charge in [0.2, 0.25) is 5.89 Å². The Morgan fingerprint density at radius 2 is 1.88 bits per heavy atom. The lowest BCUT2D eigenvalue weighted by Crippen LogP contribution is -2.38. The molecule has 9 nitrogen and oxygen atoms in total. The van der Waals surface area contributed by atoms with Crippen LogP contribution in [0.1, 0.15) is 37.2 Å².